The van der Waals surface area contributed by atoms with Crippen LogP contribution in [0.3, 0.4) is 0 Å². The van der Waals surface area contributed by atoms with E-state index in [1.54, 1.807) is 18.2 Å². The first-order valence-electron chi connectivity index (χ1n) is 4.38. The van der Waals surface area contributed by atoms with E-state index >= 15 is 0 Å². The van der Waals surface area contributed by atoms with Crippen molar-refractivity contribution in [2.24, 2.45) is 0 Å². The smallest absolute Gasteiger partial charge is 0.306 e. The van der Waals surface area contributed by atoms with E-state index in [0.29, 0.717) is 11.7 Å². The average Bonchev–Trinajstić information content (AvgIpc) is 2.01. The summed E-state index contributed by atoms with van der Waals surface area (Å²) in [5, 5.41) is 0. The Morgan fingerprint density at radius 3 is 2.43 bits per heavy atom. The van der Waals surface area contributed by atoms with Crippen LogP contribution in [-0.4, -0.2) is 14.7 Å². The lowest BCUT2D eigenvalue weighted by molar-refractivity contribution is 0.492. The summed E-state index contributed by atoms with van der Waals surface area (Å²) in [5.74, 6) is 0.733. The van der Waals surface area contributed by atoms with Crippen LogP contribution < -0.4 is 4.18 Å². The highest BCUT2D eigenvalue weighted by Crippen LogP contribution is 2.20. The van der Waals surface area contributed by atoms with Crippen molar-refractivity contribution in [2.75, 3.05) is 6.26 Å². The Morgan fingerprint density at radius 1 is 1.29 bits per heavy atom. The maximum absolute atomic E-state index is 10.9. The van der Waals surface area contributed by atoms with Crippen molar-refractivity contribution in [1.29, 1.82) is 0 Å². The van der Waals surface area contributed by atoms with Crippen molar-refractivity contribution >= 4 is 10.1 Å². The molecule has 0 aromatic heterocycles. The van der Waals surface area contributed by atoms with E-state index in [-0.39, 0.29) is 0 Å². The zero-order valence-corrected chi connectivity index (χ0v) is 9.34. The molecular formula is C10H14O3S. The number of hydrogen-bond donors (Lipinski definition) is 0. The third-order valence-electron chi connectivity index (χ3n) is 1.77. The van der Waals surface area contributed by atoms with Gasteiger partial charge < -0.3 is 4.18 Å². The standard InChI is InChI=1S/C10H14O3S/c1-8(2)9-5-4-6-10(7-9)13-14(3,11)12/h4-8H,1-3H3. The van der Waals surface area contributed by atoms with Gasteiger partial charge in [-0.15, -0.1) is 0 Å². The van der Waals surface area contributed by atoms with E-state index in [9.17, 15) is 8.42 Å². The molecule has 1 rings (SSSR count). The monoisotopic (exact) mass is 214 g/mol. The molecule has 3 nitrogen and oxygen atoms in total. The predicted octanol–water partition coefficient (Wildman–Crippen LogP) is 2.15. The highest BCUT2D eigenvalue weighted by atomic mass is 32.2. The Hall–Kier alpha value is -1.03. The summed E-state index contributed by atoms with van der Waals surface area (Å²) in [6.45, 7) is 4.08. The Morgan fingerprint density at radius 2 is 1.93 bits per heavy atom. The SMILES string of the molecule is CC(C)c1cccc(OS(C)(=O)=O)c1. The molecule has 0 aliphatic carbocycles. The molecule has 0 saturated carbocycles. The predicted molar refractivity (Wildman–Crippen MR) is 56.0 cm³/mol. The zero-order chi connectivity index (χ0) is 10.8. The Kier molecular flexibility index (Phi) is 3.16. The van der Waals surface area contributed by atoms with E-state index in [0.717, 1.165) is 11.8 Å². The largest absolute Gasteiger partial charge is 0.383 e. The van der Waals surface area contributed by atoms with Crippen LogP contribution in [0, 0.1) is 0 Å². The van der Waals surface area contributed by atoms with Gasteiger partial charge in [0.25, 0.3) is 0 Å². The Balaban J connectivity index is 2.95. The second kappa shape index (κ2) is 4.00. The lowest BCUT2D eigenvalue weighted by Crippen LogP contribution is -2.05. The fourth-order valence-electron chi connectivity index (χ4n) is 1.10. The summed E-state index contributed by atoms with van der Waals surface area (Å²) >= 11 is 0. The van der Waals surface area contributed by atoms with Crippen LogP contribution in [0.1, 0.15) is 25.3 Å². The Bertz CT molecular complexity index is 407. The molecule has 0 bridgehead atoms. The second-order valence-corrected chi connectivity index (χ2v) is 5.09. The van der Waals surface area contributed by atoms with Crippen molar-refractivity contribution in [3.63, 3.8) is 0 Å². The van der Waals surface area contributed by atoms with Crippen LogP contribution in [0.15, 0.2) is 24.3 Å². The molecule has 0 amide bonds. The molecule has 0 aliphatic rings. The van der Waals surface area contributed by atoms with Crippen LogP contribution in [0.2, 0.25) is 0 Å². The molecule has 0 saturated heterocycles. The van der Waals surface area contributed by atoms with Crippen molar-refractivity contribution in [1.82, 2.24) is 0 Å². The van der Waals surface area contributed by atoms with Crippen molar-refractivity contribution in [3.05, 3.63) is 29.8 Å². The number of benzene rings is 1. The lowest BCUT2D eigenvalue weighted by atomic mass is 10.0. The normalized spacial score (nSPS) is 11.7. The molecule has 0 spiro atoms. The van der Waals surface area contributed by atoms with Gasteiger partial charge in [0, 0.05) is 0 Å². The van der Waals surface area contributed by atoms with Gasteiger partial charge in [0.2, 0.25) is 0 Å². The molecule has 0 fully saturated rings. The minimum absolute atomic E-state index is 0.359. The maximum Gasteiger partial charge on any atom is 0.306 e. The summed E-state index contributed by atoms with van der Waals surface area (Å²) in [6.07, 6.45) is 1.04. The molecular weight excluding hydrogens is 200 g/mol. The average molecular weight is 214 g/mol. The van der Waals surface area contributed by atoms with Gasteiger partial charge in [0.1, 0.15) is 5.75 Å². The molecule has 0 radical (unpaired) electrons. The molecule has 1 aromatic carbocycles. The molecule has 1 aromatic rings. The quantitative estimate of drug-likeness (QED) is 0.724. The summed E-state index contributed by atoms with van der Waals surface area (Å²) in [5.41, 5.74) is 1.06. The summed E-state index contributed by atoms with van der Waals surface area (Å²) in [7, 11) is -3.42. The van der Waals surface area contributed by atoms with Crippen LogP contribution in [0.25, 0.3) is 0 Å². The highest BCUT2D eigenvalue weighted by Gasteiger charge is 2.05. The van der Waals surface area contributed by atoms with E-state index in [1.807, 2.05) is 19.9 Å². The fourth-order valence-corrected chi connectivity index (χ4v) is 1.55. The fraction of sp³-hybridized carbons (Fsp3) is 0.400. The first kappa shape index (κ1) is 11.0. The van der Waals surface area contributed by atoms with Crippen molar-refractivity contribution in [3.8, 4) is 5.75 Å². The molecule has 78 valence electrons. The van der Waals surface area contributed by atoms with Crippen molar-refractivity contribution in [2.45, 2.75) is 19.8 Å². The highest BCUT2D eigenvalue weighted by molar-refractivity contribution is 7.86. The molecule has 0 N–H and O–H groups in total. The summed E-state index contributed by atoms with van der Waals surface area (Å²) < 4.78 is 26.5. The molecule has 0 aliphatic heterocycles. The van der Waals surface area contributed by atoms with Gasteiger partial charge in [-0.2, -0.15) is 8.42 Å². The minimum Gasteiger partial charge on any atom is -0.383 e. The van der Waals surface area contributed by atoms with E-state index in [1.165, 1.54) is 0 Å². The van der Waals surface area contributed by atoms with E-state index in [2.05, 4.69) is 0 Å². The van der Waals surface area contributed by atoms with Crippen LogP contribution in [0.4, 0.5) is 0 Å². The van der Waals surface area contributed by atoms with Gasteiger partial charge in [-0.25, -0.2) is 0 Å². The lowest BCUT2D eigenvalue weighted by Gasteiger charge is -2.07. The third-order valence-corrected chi connectivity index (χ3v) is 2.27. The van der Waals surface area contributed by atoms with Crippen LogP contribution >= 0.6 is 0 Å². The number of rotatable bonds is 3. The van der Waals surface area contributed by atoms with Gasteiger partial charge in [0.05, 0.1) is 6.26 Å². The molecule has 0 heterocycles. The second-order valence-electron chi connectivity index (χ2n) is 3.51. The topological polar surface area (TPSA) is 43.4 Å². The minimum atomic E-state index is -3.42. The summed E-state index contributed by atoms with van der Waals surface area (Å²) in [4.78, 5) is 0. The molecule has 0 atom stereocenters. The third kappa shape index (κ3) is 3.38. The zero-order valence-electron chi connectivity index (χ0n) is 8.52. The Labute approximate surface area is 84.8 Å². The van der Waals surface area contributed by atoms with E-state index in [4.69, 9.17) is 4.18 Å². The number of hydrogen-bond acceptors (Lipinski definition) is 3. The van der Waals surface area contributed by atoms with Gasteiger partial charge in [-0.3, -0.25) is 0 Å². The van der Waals surface area contributed by atoms with Crippen LogP contribution in [0.5, 0.6) is 5.75 Å². The summed E-state index contributed by atoms with van der Waals surface area (Å²) in [6, 6.07) is 7.11. The van der Waals surface area contributed by atoms with Gasteiger partial charge in [-0.05, 0) is 23.6 Å². The van der Waals surface area contributed by atoms with Gasteiger partial charge in [-0.1, -0.05) is 26.0 Å². The molecule has 0 unspecified atom stereocenters. The van der Waals surface area contributed by atoms with Crippen molar-refractivity contribution < 1.29 is 12.6 Å². The molecule has 14 heavy (non-hydrogen) atoms. The van der Waals surface area contributed by atoms with Crippen LogP contribution in [-0.2, 0) is 10.1 Å². The first-order chi connectivity index (χ1) is 6.38. The first-order valence-corrected chi connectivity index (χ1v) is 6.19. The maximum atomic E-state index is 10.9. The van der Waals surface area contributed by atoms with Gasteiger partial charge >= 0.3 is 10.1 Å². The van der Waals surface area contributed by atoms with Gasteiger partial charge in [0.15, 0.2) is 0 Å². The van der Waals surface area contributed by atoms with E-state index < -0.39 is 10.1 Å². The molecule has 4 heteroatoms.